The summed E-state index contributed by atoms with van der Waals surface area (Å²) in [7, 11) is 1.52. The van der Waals surface area contributed by atoms with Gasteiger partial charge in [0.2, 0.25) is 5.91 Å². The van der Waals surface area contributed by atoms with Gasteiger partial charge in [-0.15, -0.1) is 5.10 Å². The Morgan fingerprint density at radius 2 is 1.86 bits per heavy atom. The molecule has 5 aromatic rings. The number of anilines is 1. The van der Waals surface area contributed by atoms with E-state index in [1.54, 1.807) is 49.5 Å². The van der Waals surface area contributed by atoms with Crippen LogP contribution in [0.2, 0.25) is 5.02 Å². The molecule has 3 heterocycles. The third-order valence-corrected chi connectivity index (χ3v) is 8.54. The van der Waals surface area contributed by atoms with Crippen LogP contribution in [0, 0.1) is 5.82 Å². The first kappa shape index (κ1) is 34.6. The highest BCUT2D eigenvalue weighted by atomic mass is 35.5. The molecular weight excluding hydrogens is 679 g/mol. The van der Waals surface area contributed by atoms with Gasteiger partial charge in [-0.3, -0.25) is 19.4 Å². The monoisotopic (exact) mass is 708 g/mol. The number of hydrogen-bond acceptors (Lipinski definition) is 9. The van der Waals surface area contributed by atoms with Crippen molar-refractivity contribution in [2.24, 2.45) is 0 Å². The van der Waals surface area contributed by atoms with Crippen molar-refractivity contribution in [1.29, 1.82) is 0 Å². The molecule has 2 aromatic heterocycles. The summed E-state index contributed by atoms with van der Waals surface area (Å²) >= 11 is 6.08. The molecule has 1 aliphatic heterocycles. The minimum Gasteiger partial charge on any atom is -0.462 e. The van der Waals surface area contributed by atoms with Crippen LogP contribution in [0.3, 0.4) is 0 Å². The van der Waals surface area contributed by atoms with E-state index in [4.69, 9.17) is 16.3 Å². The van der Waals surface area contributed by atoms with Gasteiger partial charge in [0.15, 0.2) is 5.82 Å². The molecule has 3 aromatic carbocycles. The van der Waals surface area contributed by atoms with Gasteiger partial charge in [-0.1, -0.05) is 35.9 Å². The highest BCUT2D eigenvalue weighted by Gasteiger charge is 2.36. The van der Waals surface area contributed by atoms with Crippen molar-refractivity contribution in [3.63, 3.8) is 0 Å². The molecule has 0 fully saturated rings. The number of hydrogen-bond donors (Lipinski definition) is 2. The van der Waals surface area contributed by atoms with Gasteiger partial charge in [-0.25, -0.2) is 9.18 Å². The number of tetrazole rings is 1. The molecule has 1 aliphatic rings. The van der Waals surface area contributed by atoms with Crippen LogP contribution >= 0.6 is 11.6 Å². The van der Waals surface area contributed by atoms with Gasteiger partial charge >= 0.3 is 5.97 Å². The number of fused-ring (bicyclic) bond motifs is 1. The third-order valence-electron chi connectivity index (χ3n) is 8.25. The zero-order valence-corrected chi connectivity index (χ0v) is 28.1. The van der Waals surface area contributed by atoms with Gasteiger partial charge < -0.3 is 20.3 Å². The van der Waals surface area contributed by atoms with Gasteiger partial charge in [0, 0.05) is 42.7 Å². The molecule has 0 spiro atoms. The lowest BCUT2D eigenvalue weighted by molar-refractivity contribution is -0.135. The van der Waals surface area contributed by atoms with E-state index in [0.29, 0.717) is 23.2 Å². The smallest absolute Gasteiger partial charge is 0.338 e. The maximum Gasteiger partial charge on any atom is 0.338 e. The number of pyridine rings is 1. The van der Waals surface area contributed by atoms with E-state index in [9.17, 15) is 19.2 Å². The van der Waals surface area contributed by atoms with E-state index >= 15 is 4.39 Å². The fraction of sp³-hybridized carbons (Fsp3) is 0.167. The van der Waals surface area contributed by atoms with E-state index in [-0.39, 0.29) is 41.0 Å². The molecule has 258 valence electrons. The molecule has 0 bridgehead atoms. The SMILES string of the molecule is CCOC(=O)c1ccc(NC(=O)C2c3cccc(-c4ccc(C(=O)NC)nc4)c3CCN2C(=O)C=Cc2c(-n3cnnn3)ccc(Cl)c2F)cc1. The van der Waals surface area contributed by atoms with Crippen LogP contribution in [0.25, 0.3) is 22.9 Å². The van der Waals surface area contributed by atoms with E-state index in [1.165, 1.54) is 59.4 Å². The molecule has 0 aliphatic carbocycles. The van der Waals surface area contributed by atoms with Crippen molar-refractivity contribution >= 4 is 47.1 Å². The van der Waals surface area contributed by atoms with Gasteiger partial charge in [-0.2, -0.15) is 4.68 Å². The Morgan fingerprint density at radius 3 is 2.55 bits per heavy atom. The van der Waals surface area contributed by atoms with Gasteiger partial charge in [0.25, 0.3) is 11.8 Å². The molecule has 0 radical (unpaired) electrons. The fourth-order valence-electron chi connectivity index (χ4n) is 5.83. The van der Waals surface area contributed by atoms with E-state index in [1.807, 2.05) is 6.07 Å². The second-order valence-corrected chi connectivity index (χ2v) is 11.6. The molecule has 3 amide bonds. The summed E-state index contributed by atoms with van der Waals surface area (Å²) in [4.78, 5) is 58.1. The first-order chi connectivity index (χ1) is 24.7. The Bertz CT molecular complexity index is 2140. The molecule has 2 N–H and O–H groups in total. The summed E-state index contributed by atoms with van der Waals surface area (Å²) in [6.45, 7) is 2.06. The summed E-state index contributed by atoms with van der Waals surface area (Å²) in [6.07, 6.45) is 5.69. The average molecular weight is 709 g/mol. The number of nitrogens with one attached hydrogen (secondary N) is 2. The molecule has 15 heteroatoms. The summed E-state index contributed by atoms with van der Waals surface area (Å²) < 4.78 is 21.6. The third kappa shape index (κ3) is 7.21. The van der Waals surface area contributed by atoms with Gasteiger partial charge in [-0.05, 0) is 89.0 Å². The Kier molecular flexibility index (Phi) is 10.2. The number of nitrogens with zero attached hydrogens (tertiary/aromatic N) is 6. The summed E-state index contributed by atoms with van der Waals surface area (Å²) in [5, 5.41) is 16.3. The van der Waals surface area contributed by atoms with Crippen molar-refractivity contribution in [1.82, 2.24) is 35.4 Å². The minimum atomic E-state index is -1.11. The largest absolute Gasteiger partial charge is 0.462 e. The molecular formula is C36H30ClFN8O5. The number of amides is 3. The number of aromatic nitrogens is 5. The molecule has 51 heavy (non-hydrogen) atoms. The number of carbonyl (C=O) groups is 4. The van der Waals surface area contributed by atoms with Crippen LogP contribution in [-0.2, 0) is 20.7 Å². The Morgan fingerprint density at radius 1 is 1.06 bits per heavy atom. The summed E-state index contributed by atoms with van der Waals surface area (Å²) in [5.74, 6) is -2.69. The first-order valence-corrected chi connectivity index (χ1v) is 16.2. The van der Waals surface area contributed by atoms with Crippen LogP contribution < -0.4 is 10.6 Å². The van der Waals surface area contributed by atoms with Crippen molar-refractivity contribution in [3.8, 4) is 16.8 Å². The second kappa shape index (κ2) is 15.1. The number of rotatable bonds is 9. The van der Waals surface area contributed by atoms with Crippen LogP contribution in [0.4, 0.5) is 10.1 Å². The maximum absolute atomic E-state index is 15.3. The minimum absolute atomic E-state index is 0.0294. The number of carbonyl (C=O) groups excluding carboxylic acids is 4. The zero-order valence-electron chi connectivity index (χ0n) is 27.3. The molecule has 1 unspecified atom stereocenters. The molecule has 0 saturated heterocycles. The second-order valence-electron chi connectivity index (χ2n) is 11.2. The Labute approximate surface area is 296 Å². The molecule has 13 nitrogen and oxygen atoms in total. The maximum atomic E-state index is 15.3. The lowest BCUT2D eigenvalue weighted by Gasteiger charge is -2.36. The predicted molar refractivity (Wildman–Crippen MR) is 185 cm³/mol. The van der Waals surface area contributed by atoms with Crippen molar-refractivity contribution in [2.75, 3.05) is 25.5 Å². The van der Waals surface area contributed by atoms with Crippen molar-refractivity contribution in [3.05, 3.63) is 124 Å². The summed E-state index contributed by atoms with van der Waals surface area (Å²) in [6, 6.07) is 16.8. The van der Waals surface area contributed by atoms with Crippen LogP contribution in [0.5, 0.6) is 0 Å². The number of esters is 1. The Hall–Kier alpha value is -6.28. The number of ether oxygens (including phenoxy) is 1. The van der Waals surface area contributed by atoms with Crippen molar-refractivity contribution < 1.29 is 28.3 Å². The lowest BCUT2D eigenvalue weighted by Crippen LogP contribution is -2.45. The van der Waals surface area contributed by atoms with E-state index < -0.39 is 29.6 Å². The van der Waals surface area contributed by atoms with Gasteiger partial charge in [0.05, 0.1) is 22.9 Å². The van der Waals surface area contributed by atoms with E-state index in [0.717, 1.165) is 16.7 Å². The average Bonchev–Trinajstić information content (AvgIpc) is 3.69. The topological polar surface area (TPSA) is 161 Å². The molecule has 6 rings (SSSR count). The van der Waals surface area contributed by atoms with Crippen LogP contribution in [0.1, 0.15) is 50.5 Å². The first-order valence-electron chi connectivity index (χ1n) is 15.8. The normalized spacial score (nSPS) is 13.8. The van der Waals surface area contributed by atoms with Crippen LogP contribution in [0.15, 0.2) is 85.3 Å². The quantitative estimate of drug-likeness (QED) is 0.161. The van der Waals surface area contributed by atoms with E-state index in [2.05, 4.69) is 31.1 Å². The predicted octanol–water partition coefficient (Wildman–Crippen LogP) is 4.83. The highest BCUT2D eigenvalue weighted by molar-refractivity contribution is 6.31. The number of halogens is 2. The lowest BCUT2D eigenvalue weighted by atomic mass is 9.86. The fourth-order valence-corrected chi connectivity index (χ4v) is 5.99. The number of benzene rings is 3. The zero-order chi connectivity index (χ0) is 36.1. The molecule has 0 saturated carbocycles. The van der Waals surface area contributed by atoms with Gasteiger partial charge in [0.1, 0.15) is 18.1 Å². The Balaban J connectivity index is 1.36. The van der Waals surface area contributed by atoms with Crippen molar-refractivity contribution in [2.45, 2.75) is 19.4 Å². The van der Waals surface area contributed by atoms with Crippen LogP contribution in [-0.4, -0.2) is 74.0 Å². The standard InChI is InChI=1S/C36H30ClFN8O5/c1-3-51-36(50)21-7-10-23(11-8-21)42-35(49)33-26-6-4-5-24(22-9-14-29(40-19-22)34(48)39-2)25(26)17-18-45(33)31(47)16-12-27-30(46-20-41-43-44-46)15-13-28(37)32(27)38/h4-16,19-20,33H,3,17-18H2,1-2H3,(H,39,48)(H,42,49). The highest BCUT2D eigenvalue weighted by Crippen LogP contribution is 2.37. The summed E-state index contributed by atoms with van der Waals surface area (Å²) in [5.41, 5.74) is 4.07. The molecule has 1 atom stereocenters.